The number of oxazole rings is 1. The molecule has 1 N–H and O–H groups in total. The van der Waals surface area contributed by atoms with Crippen molar-refractivity contribution >= 4 is 22.7 Å². The minimum atomic E-state index is -0.758. The Hall–Kier alpha value is -3.36. The normalized spacial score (nSPS) is 12.2. The zero-order valence-electron chi connectivity index (χ0n) is 12.6. The van der Waals surface area contributed by atoms with Gasteiger partial charge >= 0.3 is 5.76 Å². The molecule has 2 aromatic heterocycles. The van der Waals surface area contributed by atoms with Crippen molar-refractivity contribution in [3.63, 3.8) is 0 Å². The molecule has 0 radical (unpaired) electrons. The van der Waals surface area contributed by atoms with Crippen molar-refractivity contribution in [1.82, 2.24) is 9.88 Å². The largest absolute Gasteiger partial charge is 0.467 e. The number of hydrogen-bond donors (Lipinski definition) is 1. The lowest BCUT2D eigenvalue weighted by Crippen LogP contribution is -2.32. The monoisotopic (exact) mass is 331 g/mol. The van der Waals surface area contributed by atoms with Gasteiger partial charge in [-0.05, 0) is 25.1 Å². The van der Waals surface area contributed by atoms with Crippen LogP contribution < -0.4 is 11.1 Å². The van der Waals surface area contributed by atoms with E-state index in [4.69, 9.17) is 8.83 Å². The highest BCUT2D eigenvalue weighted by Crippen LogP contribution is 2.20. The Labute approximate surface area is 134 Å². The van der Waals surface area contributed by atoms with Crippen molar-refractivity contribution < 1.29 is 18.6 Å². The fourth-order valence-electron chi connectivity index (χ4n) is 2.36. The molecule has 2 heterocycles. The zero-order valence-corrected chi connectivity index (χ0v) is 12.6. The summed E-state index contributed by atoms with van der Waals surface area (Å²) in [6, 6.07) is 6.85. The van der Waals surface area contributed by atoms with Crippen LogP contribution in [0.15, 0.2) is 50.2 Å². The Morgan fingerprint density at radius 1 is 1.42 bits per heavy atom. The molecule has 124 valence electrons. The van der Waals surface area contributed by atoms with Gasteiger partial charge in [0.05, 0.1) is 28.8 Å². The molecule has 9 heteroatoms. The highest BCUT2D eigenvalue weighted by atomic mass is 16.6. The molecular weight excluding hydrogens is 318 g/mol. The predicted molar refractivity (Wildman–Crippen MR) is 82.4 cm³/mol. The van der Waals surface area contributed by atoms with Crippen molar-refractivity contribution in [1.29, 1.82) is 0 Å². The second-order valence-electron chi connectivity index (χ2n) is 5.17. The number of nitrogens with one attached hydrogen (secondary N) is 1. The molecular formula is C15H13N3O6. The summed E-state index contributed by atoms with van der Waals surface area (Å²) in [5.41, 5.74) is 0.173. The minimum Gasteiger partial charge on any atom is -0.467 e. The molecule has 0 aliphatic heterocycles. The fraction of sp³-hybridized carbons (Fsp3) is 0.200. The van der Waals surface area contributed by atoms with Crippen LogP contribution in [0.5, 0.6) is 0 Å². The minimum absolute atomic E-state index is 0.0566. The molecule has 9 nitrogen and oxygen atoms in total. The summed E-state index contributed by atoms with van der Waals surface area (Å²) in [5, 5.41) is 13.5. The number of amides is 1. The third-order valence-corrected chi connectivity index (χ3v) is 3.51. The number of carbonyl (C=O) groups is 1. The highest BCUT2D eigenvalue weighted by Gasteiger charge is 2.18. The van der Waals surface area contributed by atoms with Gasteiger partial charge < -0.3 is 14.2 Å². The second kappa shape index (κ2) is 6.03. The van der Waals surface area contributed by atoms with Gasteiger partial charge in [-0.15, -0.1) is 0 Å². The second-order valence-corrected chi connectivity index (χ2v) is 5.17. The maximum atomic E-state index is 12.1. The van der Waals surface area contributed by atoms with Gasteiger partial charge in [-0.2, -0.15) is 0 Å². The van der Waals surface area contributed by atoms with Gasteiger partial charge in [-0.3, -0.25) is 19.5 Å². The van der Waals surface area contributed by atoms with Crippen molar-refractivity contribution in [2.24, 2.45) is 0 Å². The number of benzene rings is 1. The molecule has 0 saturated carbocycles. The van der Waals surface area contributed by atoms with Crippen LogP contribution in [0.2, 0.25) is 0 Å². The third kappa shape index (κ3) is 2.91. The quantitative estimate of drug-likeness (QED) is 0.563. The molecule has 0 fully saturated rings. The molecule has 0 bridgehead atoms. The first-order valence-electron chi connectivity index (χ1n) is 7.06. The lowest BCUT2D eigenvalue weighted by molar-refractivity contribution is -0.384. The molecule has 1 unspecified atom stereocenters. The number of furan rings is 1. The Kier molecular flexibility index (Phi) is 3.90. The Bertz CT molecular complexity index is 953. The van der Waals surface area contributed by atoms with E-state index in [-0.39, 0.29) is 23.9 Å². The number of rotatable bonds is 5. The number of nitro benzene ring substituents is 1. The van der Waals surface area contributed by atoms with Crippen LogP contribution in [0.25, 0.3) is 11.1 Å². The first-order chi connectivity index (χ1) is 11.5. The molecule has 3 aromatic rings. The number of nitro groups is 1. The standard InChI is InChI=1S/C15H13N3O6/c1-9(12-3-2-6-23-12)16-14(19)8-17-11-5-4-10(18(21)22)7-13(11)24-15(17)20/h2-7,9H,8H2,1H3,(H,16,19). The van der Waals surface area contributed by atoms with E-state index in [1.807, 2.05) is 0 Å². The molecule has 24 heavy (non-hydrogen) atoms. The third-order valence-electron chi connectivity index (χ3n) is 3.51. The first-order valence-corrected chi connectivity index (χ1v) is 7.06. The molecule has 0 saturated heterocycles. The van der Waals surface area contributed by atoms with Crippen LogP contribution in [-0.2, 0) is 11.3 Å². The summed E-state index contributed by atoms with van der Waals surface area (Å²) in [5.74, 6) is -0.586. The van der Waals surface area contributed by atoms with Crippen LogP contribution in [0.1, 0.15) is 18.7 Å². The average Bonchev–Trinajstić information content (AvgIpc) is 3.15. The van der Waals surface area contributed by atoms with Crippen LogP contribution in [-0.4, -0.2) is 15.4 Å². The zero-order chi connectivity index (χ0) is 17.3. The fourth-order valence-corrected chi connectivity index (χ4v) is 2.36. The molecule has 1 aromatic carbocycles. The van der Waals surface area contributed by atoms with Crippen molar-refractivity contribution in [3.05, 3.63) is 63.0 Å². The Morgan fingerprint density at radius 3 is 2.88 bits per heavy atom. The van der Waals surface area contributed by atoms with E-state index < -0.39 is 16.6 Å². The van der Waals surface area contributed by atoms with Crippen molar-refractivity contribution in [3.8, 4) is 0 Å². The first kappa shape index (κ1) is 15.5. The van der Waals surface area contributed by atoms with E-state index >= 15 is 0 Å². The molecule has 1 amide bonds. The SMILES string of the molecule is CC(NC(=O)Cn1c(=O)oc2cc([N+](=O)[O-])ccc21)c1ccco1. The van der Waals surface area contributed by atoms with Gasteiger partial charge in [-0.25, -0.2) is 4.79 Å². The average molecular weight is 331 g/mol. The van der Waals surface area contributed by atoms with E-state index in [1.54, 1.807) is 19.1 Å². The van der Waals surface area contributed by atoms with Gasteiger partial charge in [-0.1, -0.05) is 0 Å². The number of nitrogens with zero attached hydrogens (tertiary/aromatic N) is 2. The molecule has 0 aliphatic carbocycles. The van der Waals surface area contributed by atoms with Gasteiger partial charge in [0.1, 0.15) is 12.3 Å². The van der Waals surface area contributed by atoms with Crippen molar-refractivity contribution in [2.45, 2.75) is 19.5 Å². The van der Waals surface area contributed by atoms with E-state index in [0.717, 1.165) is 10.6 Å². The summed E-state index contributed by atoms with van der Waals surface area (Å²) in [7, 11) is 0. The number of hydrogen-bond acceptors (Lipinski definition) is 6. The van der Waals surface area contributed by atoms with E-state index in [0.29, 0.717) is 11.3 Å². The predicted octanol–water partition coefficient (Wildman–Crippen LogP) is 1.97. The number of non-ortho nitro benzene ring substituents is 1. The highest BCUT2D eigenvalue weighted by molar-refractivity contribution is 5.80. The van der Waals surface area contributed by atoms with E-state index in [2.05, 4.69) is 5.32 Å². The summed E-state index contributed by atoms with van der Waals surface area (Å²) >= 11 is 0. The van der Waals surface area contributed by atoms with Crippen LogP contribution in [0, 0.1) is 10.1 Å². The van der Waals surface area contributed by atoms with Gasteiger partial charge in [0.25, 0.3) is 5.69 Å². The smallest absolute Gasteiger partial charge is 0.420 e. The van der Waals surface area contributed by atoms with Crippen LogP contribution in [0.3, 0.4) is 0 Å². The maximum Gasteiger partial charge on any atom is 0.420 e. The summed E-state index contributed by atoms with van der Waals surface area (Å²) in [6.07, 6.45) is 1.50. The summed E-state index contributed by atoms with van der Waals surface area (Å²) in [4.78, 5) is 34.2. The number of fused-ring (bicyclic) bond motifs is 1. The maximum absolute atomic E-state index is 12.1. The van der Waals surface area contributed by atoms with Gasteiger partial charge in [0, 0.05) is 6.07 Å². The number of carbonyl (C=O) groups excluding carboxylic acids is 1. The van der Waals surface area contributed by atoms with Crippen LogP contribution >= 0.6 is 0 Å². The lowest BCUT2D eigenvalue weighted by Gasteiger charge is -2.11. The van der Waals surface area contributed by atoms with Gasteiger partial charge in [0.2, 0.25) is 5.91 Å². The molecule has 0 spiro atoms. The van der Waals surface area contributed by atoms with E-state index in [1.165, 1.54) is 18.4 Å². The Balaban J connectivity index is 1.82. The molecule has 0 aliphatic rings. The molecule has 3 rings (SSSR count). The number of aromatic nitrogens is 1. The molecule has 1 atom stereocenters. The topological polar surface area (TPSA) is 121 Å². The summed E-state index contributed by atoms with van der Waals surface area (Å²) in [6.45, 7) is 1.48. The van der Waals surface area contributed by atoms with E-state index in [9.17, 15) is 19.7 Å². The van der Waals surface area contributed by atoms with Crippen LogP contribution in [0.4, 0.5) is 5.69 Å². The lowest BCUT2D eigenvalue weighted by atomic mass is 10.2. The van der Waals surface area contributed by atoms with Gasteiger partial charge in [0.15, 0.2) is 5.58 Å². The Morgan fingerprint density at radius 2 is 2.21 bits per heavy atom. The summed E-state index contributed by atoms with van der Waals surface area (Å²) < 4.78 is 11.3. The van der Waals surface area contributed by atoms with Crippen molar-refractivity contribution in [2.75, 3.05) is 0 Å².